The van der Waals surface area contributed by atoms with Crippen molar-refractivity contribution in [1.82, 2.24) is 5.32 Å². The van der Waals surface area contributed by atoms with Crippen LogP contribution in [0.4, 0.5) is 0 Å². The molecule has 0 radical (unpaired) electrons. The molecule has 1 aromatic carbocycles. The van der Waals surface area contributed by atoms with E-state index in [4.69, 9.17) is 8.83 Å². The minimum Gasteiger partial charge on any atom is -0.480 e. The van der Waals surface area contributed by atoms with Gasteiger partial charge in [0.15, 0.2) is 0 Å². The fourth-order valence-corrected chi connectivity index (χ4v) is 4.58. The lowest BCUT2D eigenvalue weighted by Crippen LogP contribution is -2.41. The van der Waals surface area contributed by atoms with Gasteiger partial charge in [0.25, 0.3) is 0 Å². The van der Waals surface area contributed by atoms with E-state index in [1.807, 2.05) is 40.7 Å². The first-order chi connectivity index (χ1) is 15.1. The van der Waals surface area contributed by atoms with E-state index in [0.717, 1.165) is 39.0 Å². The first-order valence-corrected chi connectivity index (χ1v) is 11.9. The predicted molar refractivity (Wildman–Crippen MR) is 127 cm³/mol. The van der Waals surface area contributed by atoms with Crippen LogP contribution in [0.3, 0.4) is 0 Å². The van der Waals surface area contributed by atoms with Crippen molar-refractivity contribution in [2.24, 2.45) is 0 Å². The lowest BCUT2D eigenvalue weighted by atomic mass is 9.98. The number of furan rings is 1. The number of hydrogen-bond acceptors (Lipinski definition) is 6. The summed E-state index contributed by atoms with van der Waals surface area (Å²) in [6.45, 7) is 9.60. The van der Waals surface area contributed by atoms with Crippen LogP contribution in [-0.2, 0) is 16.0 Å². The van der Waals surface area contributed by atoms with Crippen molar-refractivity contribution in [3.63, 3.8) is 0 Å². The van der Waals surface area contributed by atoms with Gasteiger partial charge >= 0.3 is 11.6 Å². The second kappa shape index (κ2) is 9.81. The monoisotopic (exact) mass is 459 g/mol. The molecule has 1 amide bonds. The Morgan fingerprint density at radius 2 is 1.72 bits per heavy atom. The zero-order valence-electron chi connectivity index (χ0n) is 19.1. The molecule has 0 aliphatic rings. The van der Waals surface area contributed by atoms with Crippen LogP contribution < -0.4 is 10.9 Å². The zero-order valence-corrected chi connectivity index (χ0v) is 19.9. The molecule has 172 valence electrons. The van der Waals surface area contributed by atoms with Crippen LogP contribution in [0, 0.1) is 27.7 Å². The normalized spacial score (nSPS) is 12.4. The summed E-state index contributed by atoms with van der Waals surface area (Å²) < 4.78 is 11.5. The van der Waals surface area contributed by atoms with Crippen LogP contribution in [0.2, 0.25) is 0 Å². The molecule has 2 aromatic heterocycles. The van der Waals surface area contributed by atoms with Gasteiger partial charge in [-0.1, -0.05) is 6.92 Å². The van der Waals surface area contributed by atoms with E-state index >= 15 is 0 Å². The van der Waals surface area contributed by atoms with Crippen molar-refractivity contribution in [1.29, 1.82) is 0 Å². The Bertz CT molecular complexity index is 1240. The Morgan fingerprint density at radius 3 is 2.38 bits per heavy atom. The van der Waals surface area contributed by atoms with E-state index in [-0.39, 0.29) is 12.8 Å². The third-order valence-corrected chi connectivity index (χ3v) is 6.87. The van der Waals surface area contributed by atoms with E-state index in [1.54, 1.807) is 11.8 Å². The maximum atomic E-state index is 12.7. The lowest BCUT2D eigenvalue weighted by Gasteiger charge is -2.14. The highest BCUT2D eigenvalue weighted by Crippen LogP contribution is 2.34. The highest BCUT2D eigenvalue weighted by molar-refractivity contribution is 7.99. The summed E-state index contributed by atoms with van der Waals surface area (Å²) >= 11 is 1.63. The number of nitrogens with one attached hydrogen (secondary N) is 1. The summed E-state index contributed by atoms with van der Waals surface area (Å²) in [5, 5.41) is 13.7. The Labute approximate surface area is 190 Å². The van der Waals surface area contributed by atoms with Crippen LogP contribution in [0.15, 0.2) is 19.7 Å². The van der Waals surface area contributed by atoms with Crippen LogP contribution in [-0.4, -0.2) is 34.5 Å². The average molecular weight is 460 g/mol. The molecule has 8 heteroatoms. The number of carbonyl (C=O) groups is 2. The van der Waals surface area contributed by atoms with Crippen molar-refractivity contribution < 1.29 is 23.5 Å². The number of aliphatic carboxylic acids is 1. The van der Waals surface area contributed by atoms with Crippen LogP contribution >= 0.6 is 11.8 Å². The van der Waals surface area contributed by atoms with E-state index in [1.165, 1.54) is 0 Å². The fraction of sp³-hybridized carbons (Fsp3) is 0.458. The summed E-state index contributed by atoms with van der Waals surface area (Å²) in [4.78, 5) is 36.5. The van der Waals surface area contributed by atoms with Gasteiger partial charge in [-0.3, -0.25) is 4.79 Å². The second-order valence-corrected chi connectivity index (χ2v) is 9.37. The molecule has 0 saturated carbocycles. The lowest BCUT2D eigenvalue weighted by molar-refractivity contribution is -0.141. The molecule has 2 N–H and O–H groups in total. The third kappa shape index (κ3) is 4.70. The van der Waals surface area contributed by atoms with Gasteiger partial charge in [-0.05, 0) is 69.2 Å². The molecular weight excluding hydrogens is 430 g/mol. The molecule has 0 aliphatic carbocycles. The highest BCUT2D eigenvalue weighted by atomic mass is 32.2. The first-order valence-electron chi connectivity index (χ1n) is 10.7. The van der Waals surface area contributed by atoms with Gasteiger partial charge in [-0.15, -0.1) is 0 Å². The van der Waals surface area contributed by atoms with Gasteiger partial charge < -0.3 is 19.3 Å². The van der Waals surface area contributed by atoms with Gasteiger partial charge in [-0.2, -0.15) is 11.8 Å². The molecule has 7 nitrogen and oxygen atoms in total. The number of fused-ring (bicyclic) bond motifs is 2. The second-order valence-electron chi connectivity index (χ2n) is 7.98. The molecule has 32 heavy (non-hydrogen) atoms. The number of carboxylic acids is 1. The van der Waals surface area contributed by atoms with E-state index in [0.29, 0.717) is 28.9 Å². The Hall–Kier alpha value is -2.74. The van der Waals surface area contributed by atoms with Gasteiger partial charge in [0, 0.05) is 28.3 Å². The molecule has 0 aliphatic heterocycles. The van der Waals surface area contributed by atoms with Crippen molar-refractivity contribution in [2.75, 3.05) is 11.5 Å². The third-order valence-electron chi connectivity index (χ3n) is 5.93. The predicted octanol–water partition coefficient (Wildman–Crippen LogP) is 4.42. The molecule has 3 aromatic rings. The topological polar surface area (TPSA) is 110 Å². The Morgan fingerprint density at radius 1 is 1.06 bits per heavy atom. The molecule has 2 heterocycles. The molecule has 0 saturated heterocycles. The number of carboxylic acid groups (broad SMARTS) is 1. The zero-order chi connectivity index (χ0) is 23.6. The van der Waals surface area contributed by atoms with Crippen LogP contribution in [0.1, 0.15) is 47.8 Å². The van der Waals surface area contributed by atoms with Crippen molar-refractivity contribution >= 4 is 45.6 Å². The van der Waals surface area contributed by atoms with E-state index in [9.17, 15) is 19.5 Å². The SMILES string of the molecule is CCSCC[C@H](NC(=O)CCc1c(C)c2cc3c(C)c(C)oc3c(C)c2oc1=O)C(=O)O. The highest BCUT2D eigenvalue weighted by Gasteiger charge is 2.22. The van der Waals surface area contributed by atoms with Crippen LogP contribution in [0.5, 0.6) is 0 Å². The Balaban J connectivity index is 1.85. The number of hydrogen-bond donors (Lipinski definition) is 2. The summed E-state index contributed by atoms with van der Waals surface area (Å²) in [6.07, 6.45) is 0.537. The molecule has 0 bridgehead atoms. The van der Waals surface area contributed by atoms with Crippen molar-refractivity contribution in [2.45, 2.75) is 59.9 Å². The maximum absolute atomic E-state index is 12.7. The average Bonchev–Trinajstić information content (AvgIpc) is 3.02. The smallest absolute Gasteiger partial charge is 0.339 e. The number of rotatable bonds is 9. The molecular formula is C24H29NO6S. The molecule has 3 rings (SSSR count). The Kier molecular flexibility index (Phi) is 7.33. The molecule has 0 fully saturated rings. The van der Waals surface area contributed by atoms with Crippen molar-refractivity contribution in [3.8, 4) is 0 Å². The minimum absolute atomic E-state index is 0.00683. The van der Waals surface area contributed by atoms with E-state index in [2.05, 4.69) is 5.32 Å². The standard InChI is InChI=1S/C24H29NO6S/c1-6-32-10-9-19(23(27)28)25-20(26)8-7-16-13(3)18-11-17-12(2)15(5)30-21(17)14(4)22(18)31-24(16)29/h11,19H,6-10H2,1-5H3,(H,25,26)(H,27,28)/t19-/m0/s1. The van der Waals surface area contributed by atoms with Gasteiger partial charge in [0.05, 0.1) is 0 Å². The molecule has 1 atom stereocenters. The first kappa shape index (κ1) is 23.9. The maximum Gasteiger partial charge on any atom is 0.339 e. The quantitative estimate of drug-likeness (QED) is 0.360. The molecule has 0 spiro atoms. The molecule has 0 unspecified atom stereocenters. The largest absolute Gasteiger partial charge is 0.480 e. The minimum atomic E-state index is -1.05. The summed E-state index contributed by atoms with van der Waals surface area (Å²) in [7, 11) is 0. The van der Waals surface area contributed by atoms with Gasteiger partial charge in [0.2, 0.25) is 5.91 Å². The number of thioether (sulfide) groups is 1. The number of carbonyl (C=O) groups excluding carboxylic acids is 1. The van der Waals surface area contributed by atoms with Crippen LogP contribution in [0.25, 0.3) is 21.9 Å². The van der Waals surface area contributed by atoms with E-state index < -0.39 is 23.5 Å². The van der Waals surface area contributed by atoms with Gasteiger partial charge in [-0.25, -0.2) is 9.59 Å². The summed E-state index contributed by atoms with van der Waals surface area (Å²) in [6, 6.07) is 1.04. The van der Waals surface area contributed by atoms with Gasteiger partial charge in [0.1, 0.15) is 23.0 Å². The fourth-order valence-electron chi connectivity index (χ4n) is 3.89. The number of aryl methyl sites for hydroxylation is 4. The van der Waals surface area contributed by atoms with Crippen molar-refractivity contribution in [3.05, 3.63) is 44.5 Å². The number of amides is 1. The summed E-state index contributed by atoms with van der Waals surface area (Å²) in [5.41, 5.74) is 3.72. The summed E-state index contributed by atoms with van der Waals surface area (Å²) in [5.74, 6) is 0.913. The number of benzene rings is 1.